The SMILES string of the molecule is COc1ccccc1C1/C(=C(\O)c2cccc(OC(C)C)c2)C(=O)C(=O)N1c1ccc(NC(C)=O)cc1. The molecule has 3 aromatic carbocycles. The normalized spacial score (nSPS) is 16.7. The number of nitrogens with zero attached hydrogens (tertiary/aromatic N) is 1. The number of para-hydroxylation sites is 1. The van der Waals surface area contributed by atoms with Gasteiger partial charge in [-0.05, 0) is 56.3 Å². The van der Waals surface area contributed by atoms with Crippen molar-refractivity contribution in [3.05, 3.63) is 89.5 Å². The fourth-order valence-electron chi connectivity index (χ4n) is 4.34. The molecule has 4 rings (SSSR count). The summed E-state index contributed by atoms with van der Waals surface area (Å²) in [5.74, 6) is -1.19. The molecule has 190 valence electrons. The summed E-state index contributed by atoms with van der Waals surface area (Å²) in [7, 11) is 1.50. The first-order valence-corrected chi connectivity index (χ1v) is 11.8. The van der Waals surface area contributed by atoms with Crippen molar-refractivity contribution in [2.75, 3.05) is 17.3 Å². The molecular formula is C29H28N2O6. The molecule has 3 aromatic rings. The monoisotopic (exact) mass is 500 g/mol. The minimum atomic E-state index is -0.961. The van der Waals surface area contributed by atoms with E-state index in [-0.39, 0.29) is 23.3 Å². The van der Waals surface area contributed by atoms with Gasteiger partial charge in [0.15, 0.2) is 0 Å². The highest BCUT2D eigenvalue weighted by atomic mass is 16.5. The Morgan fingerprint density at radius 3 is 2.35 bits per heavy atom. The number of anilines is 2. The molecule has 1 aliphatic rings. The highest BCUT2D eigenvalue weighted by Crippen LogP contribution is 2.45. The number of rotatable bonds is 7. The Hall–Kier alpha value is -4.59. The molecule has 0 bridgehead atoms. The lowest BCUT2D eigenvalue weighted by atomic mass is 9.94. The standard InChI is InChI=1S/C29H28N2O6/c1-17(2)37-22-9-7-8-19(16-22)27(33)25-26(23-10-5-6-11-24(23)36-4)31(29(35)28(25)34)21-14-12-20(13-15-21)30-18(3)32/h5-17,26,33H,1-4H3,(H,30,32)/b27-25+. The molecule has 1 atom stereocenters. The molecule has 0 radical (unpaired) electrons. The molecular weight excluding hydrogens is 472 g/mol. The summed E-state index contributed by atoms with van der Waals surface area (Å²) in [6, 6.07) is 19.4. The van der Waals surface area contributed by atoms with Crippen LogP contribution in [0.25, 0.3) is 5.76 Å². The number of carbonyl (C=O) groups excluding carboxylic acids is 3. The fraction of sp³-hybridized carbons (Fsp3) is 0.207. The summed E-state index contributed by atoms with van der Waals surface area (Å²) < 4.78 is 11.3. The van der Waals surface area contributed by atoms with Crippen molar-refractivity contribution in [3.8, 4) is 11.5 Å². The second-order valence-corrected chi connectivity index (χ2v) is 8.83. The number of Topliss-reactive ketones (excluding diaryl/α,β-unsaturated/α-hetero) is 1. The molecule has 1 unspecified atom stereocenters. The maximum Gasteiger partial charge on any atom is 0.300 e. The van der Waals surface area contributed by atoms with Crippen LogP contribution in [0.15, 0.2) is 78.4 Å². The summed E-state index contributed by atoms with van der Waals surface area (Å²) in [5, 5.41) is 14.1. The Balaban J connectivity index is 1.89. The number of ether oxygens (including phenoxy) is 2. The minimum absolute atomic E-state index is 0.0675. The third-order valence-corrected chi connectivity index (χ3v) is 5.82. The summed E-state index contributed by atoms with van der Waals surface area (Å²) in [6.45, 7) is 5.17. The van der Waals surface area contributed by atoms with Crippen LogP contribution in [0.5, 0.6) is 11.5 Å². The van der Waals surface area contributed by atoms with E-state index in [0.717, 1.165) is 0 Å². The average Bonchev–Trinajstić information content (AvgIpc) is 3.13. The summed E-state index contributed by atoms with van der Waals surface area (Å²) >= 11 is 0. The number of hydrogen-bond donors (Lipinski definition) is 2. The number of carbonyl (C=O) groups is 3. The first-order chi connectivity index (χ1) is 17.7. The molecule has 0 aliphatic carbocycles. The van der Waals surface area contributed by atoms with E-state index in [1.165, 1.54) is 18.9 Å². The largest absolute Gasteiger partial charge is 0.507 e. The highest BCUT2D eigenvalue weighted by Gasteiger charge is 2.47. The maximum atomic E-state index is 13.4. The van der Waals surface area contributed by atoms with Crippen LogP contribution in [0.1, 0.15) is 37.9 Å². The van der Waals surface area contributed by atoms with Crippen LogP contribution in [0.4, 0.5) is 11.4 Å². The van der Waals surface area contributed by atoms with Crippen molar-refractivity contribution in [2.24, 2.45) is 0 Å². The quantitative estimate of drug-likeness (QED) is 0.267. The van der Waals surface area contributed by atoms with E-state index in [1.807, 2.05) is 13.8 Å². The maximum absolute atomic E-state index is 13.4. The van der Waals surface area contributed by atoms with Gasteiger partial charge in [-0.3, -0.25) is 19.3 Å². The molecule has 1 saturated heterocycles. The Morgan fingerprint density at radius 2 is 1.70 bits per heavy atom. The topological polar surface area (TPSA) is 105 Å². The number of aliphatic hydroxyl groups excluding tert-OH is 1. The average molecular weight is 501 g/mol. The summed E-state index contributed by atoms with van der Waals surface area (Å²) in [6.07, 6.45) is -0.0861. The number of ketones is 1. The summed E-state index contributed by atoms with van der Waals surface area (Å²) in [4.78, 5) is 39.6. The molecule has 0 aromatic heterocycles. The second kappa shape index (κ2) is 10.6. The van der Waals surface area contributed by atoms with E-state index in [4.69, 9.17) is 9.47 Å². The van der Waals surface area contributed by atoms with Crippen LogP contribution < -0.4 is 19.7 Å². The summed E-state index contributed by atoms with van der Waals surface area (Å²) in [5.41, 5.74) is 1.78. The number of benzene rings is 3. The van der Waals surface area contributed by atoms with E-state index < -0.39 is 17.7 Å². The van der Waals surface area contributed by atoms with Gasteiger partial charge in [0.1, 0.15) is 17.3 Å². The molecule has 2 N–H and O–H groups in total. The van der Waals surface area contributed by atoms with Gasteiger partial charge < -0.3 is 19.9 Å². The number of amides is 2. The Bertz CT molecular complexity index is 1380. The third-order valence-electron chi connectivity index (χ3n) is 5.82. The predicted molar refractivity (Wildman–Crippen MR) is 141 cm³/mol. The zero-order valence-electron chi connectivity index (χ0n) is 21.0. The lowest BCUT2D eigenvalue weighted by molar-refractivity contribution is -0.132. The van der Waals surface area contributed by atoms with E-state index in [0.29, 0.717) is 34.0 Å². The Labute approximate surface area is 215 Å². The van der Waals surface area contributed by atoms with Gasteiger partial charge in [-0.2, -0.15) is 0 Å². The smallest absolute Gasteiger partial charge is 0.300 e. The lowest BCUT2D eigenvalue weighted by Gasteiger charge is -2.26. The highest BCUT2D eigenvalue weighted by molar-refractivity contribution is 6.51. The molecule has 0 spiro atoms. The molecule has 1 heterocycles. The first-order valence-electron chi connectivity index (χ1n) is 11.8. The lowest BCUT2D eigenvalue weighted by Crippen LogP contribution is -2.29. The zero-order valence-corrected chi connectivity index (χ0v) is 21.0. The van der Waals surface area contributed by atoms with E-state index in [9.17, 15) is 19.5 Å². The molecule has 1 aliphatic heterocycles. The van der Waals surface area contributed by atoms with Gasteiger partial charge in [-0.1, -0.05) is 30.3 Å². The van der Waals surface area contributed by atoms with Gasteiger partial charge in [0, 0.05) is 29.4 Å². The van der Waals surface area contributed by atoms with Gasteiger partial charge in [-0.25, -0.2) is 0 Å². The minimum Gasteiger partial charge on any atom is -0.507 e. The van der Waals surface area contributed by atoms with Crippen molar-refractivity contribution in [3.63, 3.8) is 0 Å². The molecule has 8 nitrogen and oxygen atoms in total. The van der Waals surface area contributed by atoms with Crippen molar-refractivity contribution < 1.29 is 29.0 Å². The van der Waals surface area contributed by atoms with Crippen molar-refractivity contribution in [1.82, 2.24) is 0 Å². The molecule has 8 heteroatoms. The van der Waals surface area contributed by atoms with Crippen LogP contribution in [-0.4, -0.2) is 35.9 Å². The van der Waals surface area contributed by atoms with Crippen LogP contribution >= 0.6 is 0 Å². The van der Waals surface area contributed by atoms with Gasteiger partial charge in [0.05, 0.1) is 24.8 Å². The van der Waals surface area contributed by atoms with Crippen LogP contribution in [0.2, 0.25) is 0 Å². The van der Waals surface area contributed by atoms with Crippen molar-refractivity contribution in [1.29, 1.82) is 0 Å². The van der Waals surface area contributed by atoms with Crippen molar-refractivity contribution >= 4 is 34.7 Å². The van der Waals surface area contributed by atoms with Crippen molar-refractivity contribution in [2.45, 2.75) is 32.9 Å². The Morgan fingerprint density at radius 1 is 1.00 bits per heavy atom. The molecule has 37 heavy (non-hydrogen) atoms. The molecule has 2 amide bonds. The zero-order chi connectivity index (χ0) is 26.7. The molecule has 0 saturated carbocycles. The van der Waals surface area contributed by atoms with E-state index >= 15 is 0 Å². The molecule has 1 fully saturated rings. The van der Waals surface area contributed by atoms with Gasteiger partial charge >= 0.3 is 0 Å². The van der Waals surface area contributed by atoms with Gasteiger partial charge in [0.2, 0.25) is 5.91 Å². The fourth-order valence-corrected chi connectivity index (χ4v) is 4.34. The Kier molecular flexibility index (Phi) is 7.29. The van der Waals surface area contributed by atoms with Gasteiger partial charge in [-0.15, -0.1) is 0 Å². The number of hydrogen-bond acceptors (Lipinski definition) is 6. The van der Waals surface area contributed by atoms with E-state index in [2.05, 4.69) is 5.32 Å². The second-order valence-electron chi connectivity index (χ2n) is 8.83. The van der Waals surface area contributed by atoms with Gasteiger partial charge in [0.25, 0.3) is 11.7 Å². The van der Waals surface area contributed by atoms with E-state index in [1.54, 1.807) is 72.8 Å². The van der Waals surface area contributed by atoms with Crippen LogP contribution in [0, 0.1) is 0 Å². The number of aliphatic hydroxyl groups is 1. The first kappa shape index (κ1) is 25.5. The third kappa shape index (κ3) is 5.18. The van der Waals surface area contributed by atoms with Crippen LogP contribution in [-0.2, 0) is 14.4 Å². The number of methoxy groups -OCH3 is 1. The van der Waals surface area contributed by atoms with Crippen LogP contribution in [0.3, 0.4) is 0 Å². The predicted octanol–water partition coefficient (Wildman–Crippen LogP) is 5.07. The number of nitrogens with one attached hydrogen (secondary N) is 1.